The van der Waals surface area contributed by atoms with E-state index in [0.29, 0.717) is 38.4 Å². The average Bonchev–Trinajstić information content (AvgIpc) is 3.16. The average molecular weight is 382 g/mol. The van der Waals surface area contributed by atoms with Crippen LogP contribution < -0.4 is 0 Å². The second kappa shape index (κ2) is 8.14. The van der Waals surface area contributed by atoms with Gasteiger partial charge in [-0.15, -0.1) is 0 Å². The molecule has 0 bridgehead atoms. The second-order valence-corrected chi connectivity index (χ2v) is 7.56. The number of hydrogen-bond acceptors (Lipinski definition) is 5. The molecule has 0 unspecified atom stereocenters. The molecule has 1 aromatic heterocycles. The summed E-state index contributed by atoms with van der Waals surface area (Å²) in [5, 5.41) is 3.79. The minimum Gasteiger partial charge on any atom is -0.351 e. The first-order chi connectivity index (χ1) is 13.6. The van der Waals surface area contributed by atoms with E-state index in [2.05, 4.69) is 22.2 Å². The van der Waals surface area contributed by atoms with E-state index in [9.17, 15) is 9.59 Å². The summed E-state index contributed by atoms with van der Waals surface area (Å²) in [4.78, 5) is 31.5. The molecular formula is C21H26N4O3. The summed E-state index contributed by atoms with van der Waals surface area (Å²) < 4.78 is 5.09. The van der Waals surface area contributed by atoms with Gasteiger partial charge in [0.1, 0.15) is 0 Å². The number of rotatable bonds is 4. The molecule has 2 amide bonds. The van der Waals surface area contributed by atoms with Crippen LogP contribution in [0.1, 0.15) is 34.7 Å². The van der Waals surface area contributed by atoms with Crippen molar-refractivity contribution in [2.45, 2.75) is 32.4 Å². The van der Waals surface area contributed by atoms with Gasteiger partial charge in [0.15, 0.2) is 0 Å². The van der Waals surface area contributed by atoms with Crippen LogP contribution in [0.3, 0.4) is 0 Å². The lowest BCUT2D eigenvalue weighted by Gasteiger charge is -2.42. The molecule has 148 valence electrons. The molecule has 1 atom stereocenters. The second-order valence-electron chi connectivity index (χ2n) is 7.56. The smallest absolute Gasteiger partial charge is 0.292 e. The Labute approximate surface area is 164 Å². The number of aromatic nitrogens is 1. The van der Waals surface area contributed by atoms with Gasteiger partial charge >= 0.3 is 0 Å². The first-order valence-corrected chi connectivity index (χ1v) is 9.91. The maximum Gasteiger partial charge on any atom is 0.292 e. The van der Waals surface area contributed by atoms with Crippen molar-refractivity contribution in [2.24, 2.45) is 0 Å². The van der Waals surface area contributed by atoms with Crippen LogP contribution >= 0.6 is 0 Å². The number of piperidine rings is 1. The van der Waals surface area contributed by atoms with Crippen LogP contribution in [0.15, 0.2) is 40.9 Å². The van der Waals surface area contributed by atoms with Crippen LogP contribution in [0.4, 0.5) is 0 Å². The number of aryl methyl sites for hydroxylation is 1. The van der Waals surface area contributed by atoms with Gasteiger partial charge in [-0.2, -0.15) is 0 Å². The van der Waals surface area contributed by atoms with Crippen molar-refractivity contribution in [3.05, 3.63) is 53.4 Å². The third-order valence-electron chi connectivity index (χ3n) is 5.60. The SMILES string of the molecule is Cc1cc(C(=O)N2CCN([C@@H]3CCCN(Cc4ccccc4)C3=O)CC2)on1. The Morgan fingerprint density at radius 1 is 1.14 bits per heavy atom. The molecule has 28 heavy (non-hydrogen) atoms. The molecule has 2 fully saturated rings. The van der Waals surface area contributed by atoms with Gasteiger partial charge in [0.05, 0.1) is 11.7 Å². The van der Waals surface area contributed by atoms with Crippen molar-refractivity contribution >= 4 is 11.8 Å². The predicted octanol–water partition coefficient (Wildman–Crippen LogP) is 1.93. The first-order valence-electron chi connectivity index (χ1n) is 9.91. The van der Waals surface area contributed by atoms with Gasteiger partial charge in [-0.1, -0.05) is 35.5 Å². The van der Waals surface area contributed by atoms with E-state index in [1.807, 2.05) is 23.1 Å². The van der Waals surface area contributed by atoms with Crippen LogP contribution in [0, 0.1) is 6.92 Å². The fraction of sp³-hybridized carbons (Fsp3) is 0.476. The number of carbonyl (C=O) groups is 2. The quantitative estimate of drug-likeness (QED) is 0.808. The molecule has 0 aliphatic carbocycles. The fourth-order valence-corrected chi connectivity index (χ4v) is 4.08. The first kappa shape index (κ1) is 18.7. The van der Waals surface area contributed by atoms with Crippen molar-refractivity contribution < 1.29 is 14.1 Å². The van der Waals surface area contributed by atoms with Crippen molar-refractivity contribution in [1.82, 2.24) is 19.9 Å². The largest absolute Gasteiger partial charge is 0.351 e. The highest BCUT2D eigenvalue weighted by Crippen LogP contribution is 2.21. The number of likely N-dealkylation sites (tertiary alicyclic amines) is 1. The van der Waals surface area contributed by atoms with Gasteiger partial charge in [-0.25, -0.2) is 0 Å². The molecule has 7 heteroatoms. The number of benzene rings is 1. The van der Waals surface area contributed by atoms with Crippen LogP contribution in [-0.2, 0) is 11.3 Å². The van der Waals surface area contributed by atoms with Crippen LogP contribution in [0.25, 0.3) is 0 Å². The molecule has 0 radical (unpaired) electrons. The maximum absolute atomic E-state index is 13.0. The highest BCUT2D eigenvalue weighted by molar-refractivity contribution is 5.91. The Kier molecular flexibility index (Phi) is 5.43. The lowest BCUT2D eigenvalue weighted by Crippen LogP contribution is -2.58. The molecule has 1 aromatic carbocycles. The van der Waals surface area contributed by atoms with Crippen LogP contribution in [0.5, 0.6) is 0 Å². The molecule has 0 saturated carbocycles. The predicted molar refractivity (Wildman–Crippen MR) is 104 cm³/mol. The number of amides is 2. The molecular weight excluding hydrogens is 356 g/mol. The van der Waals surface area contributed by atoms with E-state index < -0.39 is 0 Å². The zero-order valence-corrected chi connectivity index (χ0v) is 16.2. The molecule has 2 saturated heterocycles. The molecule has 2 aliphatic rings. The zero-order chi connectivity index (χ0) is 19.5. The summed E-state index contributed by atoms with van der Waals surface area (Å²) >= 11 is 0. The molecule has 7 nitrogen and oxygen atoms in total. The third kappa shape index (κ3) is 3.94. The lowest BCUT2D eigenvalue weighted by atomic mass is 10.0. The maximum atomic E-state index is 13.0. The van der Waals surface area contributed by atoms with Crippen LogP contribution in [-0.4, -0.2) is 70.4 Å². The van der Waals surface area contributed by atoms with Gasteiger partial charge in [0.2, 0.25) is 11.7 Å². The van der Waals surface area contributed by atoms with Crippen molar-refractivity contribution in [2.75, 3.05) is 32.7 Å². The number of piperazine rings is 1. The molecule has 0 spiro atoms. The zero-order valence-electron chi connectivity index (χ0n) is 16.2. The van der Waals surface area contributed by atoms with Crippen molar-refractivity contribution in [1.29, 1.82) is 0 Å². The fourth-order valence-electron chi connectivity index (χ4n) is 4.08. The summed E-state index contributed by atoms with van der Waals surface area (Å²) in [7, 11) is 0. The normalized spacial score (nSPS) is 21.2. The summed E-state index contributed by atoms with van der Waals surface area (Å²) in [6.45, 7) is 5.88. The Hall–Kier alpha value is -2.67. The van der Waals surface area contributed by atoms with Gasteiger partial charge in [-0.05, 0) is 25.3 Å². The third-order valence-corrected chi connectivity index (χ3v) is 5.60. The van der Waals surface area contributed by atoms with E-state index in [-0.39, 0.29) is 23.6 Å². The highest BCUT2D eigenvalue weighted by Gasteiger charge is 2.35. The summed E-state index contributed by atoms with van der Waals surface area (Å²) in [5.74, 6) is 0.371. The van der Waals surface area contributed by atoms with Gasteiger partial charge < -0.3 is 14.3 Å². The minimum absolute atomic E-state index is 0.0813. The molecule has 2 aromatic rings. The molecule has 2 aliphatic heterocycles. The van der Waals surface area contributed by atoms with Crippen LogP contribution in [0.2, 0.25) is 0 Å². The summed E-state index contributed by atoms with van der Waals surface area (Å²) in [5.41, 5.74) is 1.86. The molecule has 0 N–H and O–H groups in total. The number of carbonyl (C=O) groups excluding carboxylic acids is 2. The van der Waals surface area contributed by atoms with Crippen molar-refractivity contribution in [3.63, 3.8) is 0 Å². The van der Waals surface area contributed by atoms with Gasteiger partial charge in [-0.3, -0.25) is 14.5 Å². The Morgan fingerprint density at radius 3 is 2.57 bits per heavy atom. The summed E-state index contributed by atoms with van der Waals surface area (Å²) in [6.07, 6.45) is 1.90. The molecule has 4 rings (SSSR count). The van der Waals surface area contributed by atoms with E-state index >= 15 is 0 Å². The molecule has 3 heterocycles. The highest BCUT2D eigenvalue weighted by atomic mass is 16.5. The van der Waals surface area contributed by atoms with E-state index in [0.717, 1.165) is 24.9 Å². The standard InChI is InChI=1S/C21H26N4O3/c1-16-14-19(28-22-16)21(27)24-12-10-23(11-13-24)18-8-5-9-25(20(18)26)15-17-6-3-2-4-7-17/h2-4,6-7,14,18H,5,8-13,15H2,1H3/t18-/m1/s1. The Morgan fingerprint density at radius 2 is 1.89 bits per heavy atom. The lowest BCUT2D eigenvalue weighted by molar-refractivity contribution is -0.141. The summed E-state index contributed by atoms with van der Waals surface area (Å²) in [6, 6.07) is 11.7. The number of hydrogen-bond donors (Lipinski definition) is 0. The monoisotopic (exact) mass is 382 g/mol. The minimum atomic E-state index is -0.124. The Bertz CT molecular complexity index is 827. The van der Waals surface area contributed by atoms with E-state index in [1.54, 1.807) is 17.9 Å². The van der Waals surface area contributed by atoms with Gasteiger partial charge in [0, 0.05) is 45.3 Å². The van der Waals surface area contributed by atoms with E-state index in [4.69, 9.17) is 4.52 Å². The number of nitrogens with zero attached hydrogens (tertiary/aromatic N) is 4. The van der Waals surface area contributed by atoms with Gasteiger partial charge in [0.25, 0.3) is 5.91 Å². The topological polar surface area (TPSA) is 69.9 Å². The van der Waals surface area contributed by atoms with E-state index in [1.165, 1.54) is 0 Å². The Balaban J connectivity index is 1.34. The van der Waals surface area contributed by atoms with Crippen molar-refractivity contribution in [3.8, 4) is 0 Å².